The molecule has 3 aromatic rings. The van der Waals surface area contributed by atoms with Gasteiger partial charge >= 0.3 is 0 Å². The summed E-state index contributed by atoms with van der Waals surface area (Å²) in [6, 6.07) is 14.5. The molecular formula is C16H14N2O. The fourth-order valence-electron chi connectivity index (χ4n) is 2.59. The van der Waals surface area contributed by atoms with Gasteiger partial charge in [-0.3, -0.25) is 0 Å². The monoisotopic (exact) mass is 250 g/mol. The van der Waals surface area contributed by atoms with E-state index in [1.165, 1.54) is 16.5 Å². The van der Waals surface area contributed by atoms with Gasteiger partial charge in [-0.1, -0.05) is 18.2 Å². The van der Waals surface area contributed by atoms with Gasteiger partial charge in [0.1, 0.15) is 11.2 Å². The maximum absolute atomic E-state index is 5.84. The molecule has 1 aliphatic heterocycles. The lowest BCUT2D eigenvalue weighted by atomic mass is 10.1. The van der Waals surface area contributed by atoms with E-state index in [1.807, 2.05) is 18.2 Å². The van der Waals surface area contributed by atoms with Gasteiger partial charge in [0.05, 0.1) is 6.67 Å². The fraction of sp³-hybridized carbons (Fsp3) is 0.125. The molecule has 94 valence electrons. The van der Waals surface area contributed by atoms with Crippen molar-refractivity contribution in [1.29, 1.82) is 0 Å². The second-order valence-corrected chi connectivity index (χ2v) is 4.95. The summed E-state index contributed by atoms with van der Waals surface area (Å²) in [5, 5.41) is 2.35. The Labute approximate surface area is 111 Å². The molecule has 0 unspecified atom stereocenters. The molecule has 0 saturated carbocycles. The molecule has 0 fully saturated rings. The number of para-hydroxylation sites is 1. The summed E-state index contributed by atoms with van der Waals surface area (Å²) in [5.41, 5.74) is 3.09. The third-order valence-electron chi connectivity index (χ3n) is 3.57. The van der Waals surface area contributed by atoms with Gasteiger partial charge in [-0.05, 0) is 24.3 Å². The highest BCUT2D eigenvalue weighted by atomic mass is 16.3. The van der Waals surface area contributed by atoms with E-state index >= 15 is 0 Å². The van der Waals surface area contributed by atoms with Crippen molar-refractivity contribution >= 4 is 27.6 Å². The number of benzene rings is 2. The summed E-state index contributed by atoms with van der Waals surface area (Å²) in [4.78, 5) is 4.37. The number of hydrogen-bond donors (Lipinski definition) is 0. The normalized spacial score (nSPS) is 15.0. The van der Waals surface area contributed by atoms with Crippen molar-refractivity contribution in [2.45, 2.75) is 0 Å². The zero-order valence-corrected chi connectivity index (χ0v) is 10.7. The number of nitrogens with zero attached hydrogens (tertiary/aromatic N) is 2. The minimum atomic E-state index is 0.890. The quantitative estimate of drug-likeness (QED) is 0.655. The first-order chi connectivity index (χ1) is 9.31. The van der Waals surface area contributed by atoms with Crippen LogP contribution in [0.4, 0.5) is 5.69 Å². The van der Waals surface area contributed by atoms with Gasteiger partial charge in [0, 0.05) is 35.9 Å². The molecule has 0 aliphatic carbocycles. The van der Waals surface area contributed by atoms with E-state index in [0.717, 1.165) is 17.8 Å². The average Bonchev–Trinajstić information content (AvgIpc) is 3.01. The topological polar surface area (TPSA) is 19.6 Å². The molecule has 0 spiro atoms. The van der Waals surface area contributed by atoms with Gasteiger partial charge in [0.15, 0.2) is 0 Å². The molecule has 0 bridgehead atoms. The van der Waals surface area contributed by atoms with Crippen molar-refractivity contribution in [3.63, 3.8) is 0 Å². The van der Waals surface area contributed by atoms with Crippen molar-refractivity contribution < 1.29 is 4.42 Å². The third-order valence-corrected chi connectivity index (χ3v) is 3.57. The lowest BCUT2D eigenvalue weighted by Crippen LogP contribution is -2.21. The number of rotatable bonds is 1. The molecule has 1 aromatic heterocycles. The standard InChI is InChI=1S/C16H14N2O/c1-17-8-9-18(11-17)12-6-7-16-14(10-12)13-4-2-3-5-15(13)19-16/h2-10H,11H2,1H3. The van der Waals surface area contributed by atoms with Crippen LogP contribution in [0.15, 0.2) is 59.3 Å². The van der Waals surface area contributed by atoms with E-state index in [4.69, 9.17) is 4.42 Å². The lowest BCUT2D eigenvalue weighted by molar-refractivity contribution is 0.496. The van der Waals surface area contributed by atoms with Gasteiger partial charge in [-0.15, -0.1) is 0 Å². The van der Waals surface area contributed by atoms with Crippen molar-refractivity contribution in [3.8, 4) is 0 Å². The van der Waals surface area contributed by atoms with E-state index in [1.54, 1.807) is 0 Å². The van der Waals surface area contributed by atoms with Gasteiger partial charge in [0.2, 0.25) is 0 Å². The van der Waals surface area contributed by atoms with Gasteiger partial charge in [0.25, 0.3) is 0 Å². The lowest BCUT2D eigenvalue weighted by Gasteiger charge is -2.18. The molecule has 0 radical (unpaired) electrons. The molecule has 0 amide bonds. The summed E-state index contributed by atoms with van der Waals surface area (Å²) >= 11 is 0. The van der Waals surface area contributed by atoms with Crippen molar-refractivity contribution in [3.05, 3.63) is 54.9 Å². The zero-order chi connectivity index (χ0) is 12.8. The molecule has 4 rings (SSSR count). The highest BCUT2D eigenvalue weighted by molar-refractivity contribution is 6.06. The van der Waals surface area contributed by atoms with Crippen molar-refractivity contribution in [1.82, 2.24) is 4.90 Å². The Balaban J connectivity index is 1.90. The maximum atomic E-state index is 5.84. The summed E-state index contributed by atoms with van der Waals surface area (Å²) < 4.78 is 5.84. The Morgan fingerprint density at radius 3 is 2.63 bits per heavy atom. The predicted molar refractivity (Wildman–Crippen MR) is 78.0 cm³/mol. The first-order valence-electron chi connectivity index (χ1n) is 6.38. The van der Waals surface area contributed by atoms with Crippen LogP contribution in [0.25, 0.3) is 21.9 Å². The van der Waals surface area contributed by atoms with Crippen LogP contribution in [0, 0.1) is 0 Å². The highest BCUT2D eigenvalue weighted by Gasteiger charge is 2.13. The molecular weight excluding hydrogens is 236 g/mol. The molecule has 3 nitrogen and oxygen atoms in total. The number of fused-ring (bicyclic) bond motifs is 3. The van der Waals surface area contributed by atoms with Crippen LogP contribution < -0.4 is 4.90 Å². The Hall–Kier alpha value is -2.42. The van der Waals surface area contributed by atoms with Crippen LogP contribution in [0.5, 0.6) is 0 Å². The summed E-state index contributed by atoms with van der Waals surface area (Å²) in [6.45, 7) is 0.890. The molecule has 2 aromatic carbocycles. The maximum Gasteiger partial charge on any atom is 0.135 e. The molecule has 0 N–H and O–H groups in total. The zero-order valence-electron chi connectivity index (χ0n) is 10.7. The predicted octanol–water partition coefficient (Wildman–Crippen LogP) is 3.77. The van der Waals surface area contributed by atoms with Crippen LogP contribution in [0.1, 0.15) is 0 Å². The molecule has 3 heteroatoms. The summed E-state index contributed by atoms with van der Waals surface area (Å²) in [7, 11) is 2.07. The molecule has 2 heterocycles. The van der Waals surface area contributed by atoms with E-state index in [-0.39, 0.29) is 0 Å². The van der Waals surface area contributed by atoms with Gasteiger partial charge < -0.3 is 14.2 Å². The molecule has 19 heavy (non-hydrogen) atoms. The van der Waals surface area contributed by atoms with Crippen molar-refractivity contribution in [2.75, 3.05) is 18.6 Å². The Kier molecular flexibility index (Phi) is 2.09. The van der Waals surface area contributed by atoms with E-state index < -0.39 is 0 Å². The van der Waals surface area contributed by atoms with Crippen LogP contribution in [-0.2, 0) is 0 Å². The van der Waals surface area contributed by atoms with E-state index in [0.29, 0.717) is 0 Å². The average molecular weight is 250 g/mol. The smallest absolute Gasteiger partial charge is 0.135 e. The summed E-state index contributed by atoms with van der Waals surface area (Å²) in [5.74, 6) is 0. The van der Waals surface area contributed by atoms with E-state index in [2.05, 4.69) is 53.5 Å². The Morgan fingerprint density at radius 1 is 0.947 bits per heavy atom. The number of hydrogen-bond acceptors (Lipinski definition) is 3. The minimum Gasteiger partial charge on any atom is -0.456 e. The Bertz CT molecular complexity index is 788. The first-order valence-corrected chi connectivity index (χ1v) is 6.38. The fourth-order valence-corrected chi connectivity index (χ4v) is 2.59. The molecule has 1 aliphatic rings. The van der Waals surface area contributed by atoms with Crippen molar-refractivity contribution in [2.24, 2.45) is 0 Å². The first kappa shape index (κ1) is 10.5. The highest BCUT2D eigenvalue weighted by Crippen LogP contribution is 2.32. The number of anilines is 1. The Morgan fingerprint density at radius 2 is 1.79 bits per heavy atom. The van der Waals surface area contributed by atoms with E-state index in [9.17, 15) is 0 Å². The molecule has 0 atom stereocenters. The van der Waals surface area contributed by atoms with Crippen LogP contribution in [0.3, 0.4) is 0 Å². The minimum absolute atomic E-state index is 0.890. The van der Waals surface area contributed by atoms with Gasteiger partial charge in [-0.25, -0.2) is 0 Å². The third kappa shape index (κ3) is 1.58. The summed E-state index contributed by atoms with van der Waals surface area (Å²) in [6.07, 6.45) is 4.18. The van der Waals surface area contributed by atoms with Gasteiger partial charge in [-0.2, -0.15) is 0 Å². The largest absolute Gasteiger partial charge is 0.456 e. The second kappa shape index (κ2) is 3.79. The van der Waals surface area contributed by atoms with Crippen LogP contribution in [0.2, 0.25) is 0 Å². The van der Waals surface area contributed by atoms with Crippen LogP contribution >= 0.6 is 0 Å². The second-order valence-electron chi connectivity index (χ2n) is 4.95. The number of furan rings is 1. The molecule has 0 saturated heterocycles. The van der Waals surface area contributed by atoms with Crippen LogP contribution in [-0.4, -0.2) is 18.6 Å². The SMILES string of the molecule is CN1C=CN(c2ccc3oc4ccccc4c3c2)C1.